The predicted octanol–water partition coefficient (Wildman–Crippen LogP) is 2.18. The molecule has 0 radical (unpaired) electrons. The van der Waals surface area contributed by atoms with Crippen LogP contribution in [0.5, 0.6) is 0 Å². The largest absolute Gasteiger partial charge is 0.481 e. The highest BCUT2D eigenvalue weighted by molar-refractivity contribution is 7.15. The second kappa shape index (κ2) is 6.33. The third kappa shape index (κ3) is 3.31. The first-order chi connectivity index (χ1) is 11.0. The van der Waals surface area contributed by atoms with Crippen molar-refractivity contribution in [1.29, 1.82) is 0 Å². The number of carboxylic acid groups (broad SMARTS) is 1. The maximum atomic E-state index is 12.3. The van der Waals surface area contributed by atoms with Gasteiger partial charge in [0, 0.05) is 19.0 Å². The molecule has 2 heterocycles. The van der Waals surface area contributed by atoms with Crippen LogP contribution in [0.15, 0.2) is 30.3 Å². The van der Waals surface area contributed by atoms with Crippen molar-refractivity contribution in [3.05, 3.63) is 40.9 Å². The highest BCUT2D eigenvalue weighted by Gasteiger charge is 2.40. The summed E-state index contributed by atoms with van der Waals surface area (Å²) in [4.78, 5) is 25.4. The number of carboxylic acids is 1. The lowest BCUT2D eigenvalue weighted by Gasteiger charge is -2.16. The average Bonchev–Trinajstić information content (AvgIpc) is 3.15. The van der Waals surface area contributed by atoms with Crippen LogP contribution in [0.2, 0.25) is 0 Å². The minimum Gasteiger partial charge on any atom is -0.481 e. The molecule has 0 unspecified atom stereocenters. The van der Waals surface area contributed by atoms with Gasteiger partial charge in [-0.15, -0.1) is 10.2 Å². The van der Waals surface area contributed by atoms with Crippen LogP contribution >= 0.6 is 11.3 Å². The first-order valence-electron chi connectivity index (χ1n) is 7.18. The number of aromatic nitrogens is 2. The molecule has 3 rings (SSSR count). The van der Waals surface area contributed by atoms with E-state index in [0.717, 1.165) is 10.6 Å². The van der Waals surface area contributed by atoms with E-state index in [9.17, 15) is 14.7 Å². The van der Waals surface area contributed by atoms with Gasteiger partial charge in [0.1, 0.15) is 5.01 Å². The van der Waals surface area contributed by atoms with Crippen LogP contribution in [0, 0.1) is 12.8 Å². The van der Waals surface area contributed by atoms with Crippen molar-refractivity contribution >= 4 is 28.5 Å². The van der Waals surface area contributed by atoms with Crippen molar-refractivity contribution in [2.45, 2.75) is 12.8 Å². The number of carbonyl (C=O) groups excluding carboxylic acids is 1. The predicted molar refractivity (Wildman–Crippen MR) is 85.5 cm³/mol. The first-order valence-corrected chi connectivity index (χ1v) is 8.00. The fourth-order valence-electron chi connectivity index (χ4n) is 2.78. The Labute approximate surface area is 137 Å². The number of amides is 2. The molecule has 7 nitrogen and oxygen atoms in total. The maximum absolute atomic E-state index is 12.3. The summed E-state index contributed by atoms with van der Waals surface area (Å²) in [5.41, 5.74) is 0.932. The molecule has 1 saturated heterocycles. The molecule has 0 bridgehead atoms. The van der Waals surface area contributed by atoms with Crippen LogP contribution in [-0.4, -0.2) is 45.3 Å². The van der Waals surface area contributed by atoms with Crippen molar-refractivity contribution in [2.24, 2.45) is 5.92 Å². The van der Waals surface area contributed by atoms with Gasteiger partial charge < -0.3 is 10.0 Å². The van der Waals surface area contributed by atoms with Crippen LogP contribution in [0.1, 0.15) is 16.5 Å². The standard InChI is InChI=1S/C15H16N4O3S/c1-9-17-18-14(23-9)16-15(22)19-7-11(12(8-19)13(20)21)10-5-3-2-4-6-10/h2-6,11-12H,7-8H2,1H3,(H,20,21)(H,16,18,22)/t11-,12+/m1/s1. The lowest BCUT2D eigenvalue weighted by atomic mass is 9.89. The Hall–Kier alpha value is -2.48. The van der Waals surface area contributed by atoms with Crippen LogP contribution in [0.25, 0.3) is 0 Å². The van der Waals surface area contributed by atoms with Crippen molar-refractivity contribution in [3.63, 3.8) is 0 Å². The molecule has 0 aliphatic carbocycles. The lowest BCUT2D eigenvalue weighted by Crippen LogP contribution is -2.33. The van der Waals surface area contributed by atoms with Gasteiger partial charge in [-0.3, -0.25) is 10.1 Å². The van der Waals surface area contributed by atoms with Gasteiger partial charge in [-0.05, 0) is 12.5 Å². The quantitative estimate of drug-likeness (QED) is 0.898. The molecule has 1 aliphatic heterocycles. The number of nitrogens with zero attached hydrogens (tertiary/aromatic N) is 3. The Balaban J connectivity index is 1.74. The van der Waals surface area contributed by atoms with Crippen molar-refractivity contribution in [2.75, 3.05) is 18.4 Å². The molecule has 2 atom stereocenters. The third-order valence-corrected chi connectivity index (χ3v) is 4.65. The SMILES string of the molecule is Cc1nnc(NC(=O)N2C[C@H](C(=O)O)[C@@H](c3ccccc3)C2)s1. The van der Waals surface area contributed by atoms with Crippen LogP contribution in [-0.2, 0) is 4.79 Å². The summed E-state index contributed by atoms with van der Waals surface area (Å²) in [6, 6.07) is 9.09. The highest BCUT2D eigenvalue weighted by atomic mass is 32.1. The van der Waals surface area contributed by atoms with Crippen LogP contribution < -0.4 is 5.32 Å². The third-order valence-electron chi connectivity index (χ3n) is 3.89. The number of rotatable bonds is 3. The molecule has 0 spiro atoms. The van der Waals surface area contributed by atoms with E-state index in [0.29, 0.717) is 11.7 Å². The molecule has 8 heteroatoms. The summed E-state index contributed by atoms with van der Waals surface area (Å²) in [5, 5.41) is 21.0. The maximum Gasteiger partial charge on any atom is 0.323 e. The molecular weight excluding hydrogens is 316 g/mol. The zero-order valence-corrected chi connectivity index (χ0v) is 13.3. The number of carbonyl (C=O) groups is 2. The summed E-state index contributed by atoms with van der Waals surface area (Å²) in [5.74, 6) is -1.71. The van der Waals surface area contributed by atoms with E-state index in [1.54, 1.807) is 6.92 Å². The summed E-state index contributed by atoms with van der Waals surface area (Å²) < 4.78 is 0. The van der Waals surface area contributed by atoms with Gasteiger partial charge in [-0.25, -0.2) is 4.79 Å². The molecule has 1 fully saturated rings. The molecule has 0 saturated carbocycles. The second-order valence-corrected chi connectivity index (χ2v) is 6.60. The van der Waals surface area contributed by atoms with Gasteiger partial charge in [-0.2, -0.15) is 0 Å². The Morgan fingerprint density at radius 1 is 1.26 bits per heavy atom. The molecule has 2 amide bonds. The monoisotopic (exact) mass is 332 g/mol. The molecule has 2 N–H and O–H groups in total. The number of aryl methyl sites for hydroxylation is 1. The first kappa shape index (κ1) is 15.4. The number of aliphatic carboxylic acids is 1. The summed E-state index contributed by atoms with van der Waals surface area (Å²) in [6.07, 6.45) is 0. The Morgan fingerprint density at radius 2 is 2.00 bits per heavy atom. The molecular formula is C15H16N4O3S. The van der Waals surface area contributed by atoms with E-state index in [1.807, 2.05) is 30.3 Å². The summed E-state index contributed by atoms with van der Waals surface area (Å²) in [7, 11) is 0. The number of urea groups is 1. The normalized spacial score (nSPS) is 20.5. The van der Waals surface area contributed by atoms with Crippen LogP contribution in [0.3, 0.4) is 0 Å². The van der Waals surface area contributed by atoms with E-state index < -0.39 is 11.9 Å². The van der Waals surface area contributed by atoms with E-state index in [4.69, 9.17) is 0 Å². The molecule has 1 aromatic heterocycles. The average molecular weight is 332 g/mol. The Bertz CT molecular complexity index is 719. The minimum absolute atomic E-state index is 0.179. The number of hydrogen-bond acceptors (Lipinski definition) is 5. The van der Waals surface area contributed by atoms with Crippen LogP contribution in [0.4, 0.5) is 9.93 Å². The molecule has 23 heavy (non-hydrogen) atoms. The molecule has 1 aliphatic rings. The van der Waals surface area contributed by atoms with E-state index in [-0.39, 0.29) is 18.5 Å². The Morgan fingerprint density at radius 3 is 2.61 bits per heavy atom. The number of benzene rings is 1. The lowest BCUT2D eigenvalue weighted by molar-refractivity contribution is -0.141. The van der Waals surface area contributed by atoms with E-state index in [2.05, 4.69) is 15.5 Å². The topological polar surface area (TPSA) is 95.4 Å². The fourth-order valence-corrected chi connectivity index (χ4v) is 3.36. The van der Waals surface area contributed by atoms with E-state index >= 15 is 0 Å². The van der Waals surface area contributed by atoms with Gasteiger partial charge in [0.2, 0.25) is 5.13 Å². The fraction of sp³-hybridized carbons (Fsp3) is 0.333. The number of likely N-dealkylation sites (tertiary alicyclic amines) is 1. The highest BCUT2D eigenvalue weighted by Crippen LogP contribution is 2.33. The van der Waals surface area contributed by atoms with Gasteiger partial charge in [0.05, 0.1) is 5.92 Å². The van der Waals surface area contributed by atoms with Crippen molar-refractivity contribution in [1.82, 2.24) is 15.1 Å². The summed E-state index contributed by atoms with van der Waals surface area (Å²) >= 11 is 1.28. The Kier molecular flexibility index (Phi) is 4.24. The van der Waals surface area contributed by atoms with Crippen molar-refractivity contribution in [3.8, 4) is 0 Å². The van der Waals surface area contributed by atoms with Gasteiger partial charge in [0.15, 0.2) is 0 Å². The molecule has 120 valence electrons. The zero-order valence-electron chi connectivity index (χ0n) is 12.5. The zero-order chi connectivity index (χ0) is 16.4. The number of nitrogens with one attached hydrogen (secondary N) is 1. The number of anilines is 1. The van der Waals surface area contributed by atoms with Gasteiger partial charge in [0.25, 0.3) is 0 Å². The summed E-state index contributed by atoms with van der Waals surface area (Å²) in [6.45, 7) is 2.35. The smallest absolute Gasteiger partial charge is 0.323 e. The number of hydrogen-bond donors (Lipinski definition) is 2. The van der Waals surface area contributed by atoms with Gasteiger partial charge in [-0.1, -0.05) is 41.7 Å². The van der Waals surface area contributed by atoms with Crippen molar-refractivity contribution < 1.29 is 14.7 Å². The second-order valence-electron chi connectivity index (χ2n) is 5.42. The van der Waals surface area contributed by atoms with Gasteiger partial charge >= 0.3 is 12.0 Å². The molecule has 2 aromatic rings. The minimum atomic E-state index is -0.888. The van der Waals surface area contributed by atoms with E-state index in [1.165, 1.54) is 16.2 Å². The molecule has 1 aromatic carbocycles.